The zero-order valence-corrected chi connectivity index (χ0v) is 10.2. The van der Waals surface area contributed by atoms with Crippen molar-refractivity contribution in [3.8, 4) is 5.75 Å². The molecule has 1 rings (SSSR count). The smallest absolute Gasteiger partial charge is 0.237 e. The van der Waals surface area contributed by atoms with Gasteiger partial charge in [-0.3, -0.25) is 10.2 Å². The minimum atomic E-state index is -0.147. The van der Waals surface area contributed by atoms with Crippen molar-refractivity contribution < 1.29 is 9.53 Å². The minimum Gasteiger partial charge on any atom is -0.497 e. The molecule has 3 N–H and O–H groups in total. The number of halogens is 1. The van der Waals surface area contributed by atoms with Crippen molar-refractivity contribution in [1.29, 1.82) is 0 Å². The van der Waals surface area contributed by atoms with Gasteiger partial charge in [0.2, 0.25) is 5.91 Å². The van der Waals surface area contributed by atoms with E-state index in [1.165, 1.54) is 0 Å². The zero-order chi connectivity index (χ0) is 11.3. The van der Waals surface area contributed by atoms with Crippen LogP contribution in [0.3, 0.4) is 0 Å². The molecule has 1 unspecified atom stereocenters. The third-order valence-corrected chi connectivity index (χ3v) is 2.29. The second-order valence-corrected chi connectivity index (χ2v) is 3.46. The molecule has 0 aliphatic carbocycles. The van der Waals surface area contributed by atoms with Gasteiger partial charge in [-0.1, -0.05) is 19.1 Å². The average molecular weight is 245 g/mol. The maximum absolute atomic E-state index is 11.2. The topological polar surface area (TPSA) is 64.3 Å². The van der Waals surface area contributed by atoms with Gasteiger partial charge < -0.3 is 4.74 Å². The molecule has 0 radical (unpaired) electrons. The molecular weight excluding hydrogens is 228 g/mol. The van der Waals surface area contributed by atoms with Gasteiger partial charge >= 0.3 is 0 Å². The van der Waals surface area contributed by atoms with E-state index in [9.17, 15) is 4.79 Å². The molecule has 1 aromatic carbocycles. The van der Waals surface area contributed by atoms with Crippen LogP contribution >= 0.6 is 12.4 Å². The monoisotopic (exact) mass is 244 g/mol. The summed E-state index contributed by atoms with van der Waals surface area (Å²) in [6.07, 6.45) is 0.674. The van der Waals surface area contributed by atoms with Crippen LogP contribution in [0.5, 0.6) is 5.75 Å². The number of benzene rings is 1. The first-order chi connectivity index (χ1) is 7.17. The summed E-state index contributed by atoms with van der Waals surface area (Å²) in [5.74, 6) is 5.60. The molecular formula is C11H17ClN2O2. The number of nitrogens with one attached hydrogen (secondary N) is 1. The van der Waals surface area contributed by atoms with E-state index in [0.717, 1.165) is 11.3 Å². The molecule has 0 heterocycles. The first-order valence-electron chi connectivity index (χ1n) is 4.80. The third kappa shape index (κ3) is 4.08. The fourth-order valence-electron chi connectivity index (χ4n) is 1.35. The Hall–Kier alpha value is -1.26. The predicted octanol–water partition coefficient (Wildman–Crippen LogP) is 1.29. The van der Waals surface area contributed by atoms with Crippen LogP contribution in [-0.2, 0) is 11.2 Å². The molecule has 0 spiro atoms. The molecule has 0 bridgehead atoms. The van der Waals surface area contributed by atoms with Crippen LogP contribution in [0.1, 0.15) is 12.5 Å². The summed E-state index contributed by atoms with van der Waals surface area (Å²) in [6, 6.07) is 7.64. The maximum atomic E-state index is 11.2. The summed E-state index contributed by atoms with van der Waals surface area (Å²) in [4.78, 5) is 11.2. The molecule has 0 fully saturated rings. The number of methoxy groups -OCH3 is 1. The van der Waals surface area contributed by atoms with E-state index in [4.69, 9.17) is 10.6 Å². The first-order valence-corrected chi connectivity index (χ1v) is 4.80. The molecule has 0 aliphatic heterocycles. The third-order valence-electron chi connectivity index (χ3n) is 2.29. The first kappa shape index (κ1) is 14.7. The molecule has 16 heavy (non-hydrogen) atoms. The van der Waals surface area contributed by atoms with Gasteiger partial charge in [-0.2, -0.15) is 0 Å². The average Bonchev–Trinajstić information content (AvgIpc) is 2.29. The summed E-state index contributed by atoms with van der Waals surface area (Å²) < 4.78 is 5.04. The minimum absolute atomic E-state index is 0. The molecule has 0 aromatic heterocycles. The highest BCUT2D eigenvalue weighted by atomic mass is 35.5. The van der Waals surface area contributed by atoms with Gasteiger partial charge in [0.05, 0.1) is 7.11 Å². The molecule has 1 aromatic rings. The van der Waals surface area contributed by atoms with Crippen molar-refractivity contribution >= 4 is 18.3 Å². The molecule has 5 heteroatoms. The molecule has 0 saturated carbocycles. The summed E-state index contributed by atoms with van der Waals surface area (Å²) in [5, 5.41) is 0. The molecule has 0 aliphatic rings. The van der Waals surface area contributed by atoms with Crippen LogP contribution < -0.4 is 16.0 Å². The Morgan fingerprint density at radius 3 is 2.44 bits per heavy atom. The summed E-state index contributed by atoms with van der Waals surface area (Å²) >= 11 is 0. The Labute approximate surface area is 102 Å². The van der Waals surface area contributed by atoms with Crippen LogP contribution in [0.15, 0.2) is 24.3 Å². The van der Waals surface area contributed by atoms with E-state index in [1.54, 1.807) is 7.11 Å². The van der Waals surface area contributed by atoms with E-state index in [2.05, 4.69) is 5.43 Å². The summed E-state index contributed by atoms with van der Waals surface area (Å²) in [7, 11) is 1.62. The number of carbonyl (C=O) groups is 1. The number of hydrogen-bond donors (Lipinski definition) is 2. The van der Waals surface area contributed by atoms with Gasteiger partial charge in [0.25, 0.3) is 0 Å². The van der Waals surface area contributed by atoms with Crippen molar-refractivity contribution in [3.63, 3.8) is 0 Å². The van der Waals surface area contributed by atoms with Crippen molar-refractivity contribution in [3.05, 3.63) is 29.8 Å². The largest absolute Gasteiger partial charge is 0.497 e. The number of ether oxygens (including phenoxy) is 1. The molecule has 1 amide bonds. The highest BCUT2D eigenvalue weighted by Gasteiger charge is 2.11. The molecule has 0 saturated heterocycles. The Morgan fingerprint density at radius 1 is 1.44 bits per heavy atom. The number of rotatable bonds is 4. The lowest BCUT2D eigenvalue weighted by atomic mass is 10.0. The van der Waals surface area contributed by atoms with Crippen molar-refractivity contribution in [1.82, 2.24) is 5.43 Å². The van der Waals surface area contributed by atoms with Crippen LogP contribution in [0, 0.1) is 5.92 Å². The van der Waals surface area contributed by atoms with E-state index in [1.807, 2.05) is 31.2 Å². The quantitative estimate of drug-likeness (QED) is 0.477. The number of hydrogen-bond acceptors (Lipinski definition) is 3. The number of nitrogens with two attached hydrogens (primary N) is 1. The SMILES string of the molecule is COc1ccc(CC(C)C(=O)NN)cc1.Cl. The van der Waals surface area contributed by atoms with Gasteiger partial charge in [-0.05, 0) is 24.1 Å². The van der Waals surface area contributed by atoms with Crippen molar-refractivity contribution in [2.75, 3.05) is 7.11 Å². The van der Waals surface area contributed by atoms with Crippen molar-refractivity contribution in [2.45, 2.75) is 13.3 Å². The zero-order valence-electron chi connectivity index (χ0n) is 9.40. The highest BCUT2D eigenvalue weighted by Crippen LogP contribution is 2.14. The Bertz CT molecular complexity index is 327. The summed E-state index contributed by atoms with van der Waals surface area (Å²) in [6.45, 7) is 1.84. The Balaban J connectivity index is 0.00000225. The number of carbonyl (C=O) groups excluding carboxylic acids is 1. The Morgan fingerprint density at radius 2 is 2.00 bits per heavy atom. The fourth-order valence-corrected chi connectivity index (χ4v) is 1.35. The van der Waals surface area contributed by atoms with Crippen molar-refractivity contribution in [2.24, 2.45) is 11.8 Å². The number of hydrazine groups is 1. The Kier molecular flexibility index (Phi) is 6.53. The maximum Gasteiger partial charge on any atom is 0.237 e. The summed E-state index contributed by atoms with van der Waals surface area (Å²) in [5.41, 5.74) is 3.23. The van der Waals surface area contributed by atoms with E-state index in [0.29, 0.717) is 6.42 Å². The van der Waals surface area contributed by atoms with E-state index < -0.39 is 0 Å². The lowest BCUT2D eigenvalue weighted by Gasteiger charge is -2.09. The fraction of sp³-hybridized carbons (Fsp3) is 0.364. The molecule has 1 atom stereocenters. The van der Waals surface area contributed by atoms with Crippen LogP contribution in [0.25, 0.3) is 0 Å². The predicted molar refractivity (Wildman–Crippen MR) is 65.4 cm³/mol. The van der Waals surface area contributed by atoms with Crippen LogP contribution in [-0.4, -0.2) is 13.0 Å². The van der Waals surface area contributed by atoms with E-state index in [-0.39, 0.29) is 24.2 Å². The van der Waals surface area contributed by atoms with Gasteiger partial charge in [0.1, 0.15) is 5.75 Å². The van der Waals surface area contributed by atoms with Gasteiger partial charge in [-0.25, -0.2) is 5.84 Å². The number of amides is 1. The molecule has 90 valence electrons. The van der Waals surface area contributed by atoms with Gasteiger partial charge in [0.15, 0.2) is 0 Å². The normalized spacial score (nSPS) is 11.2. The lowest BCUT2D eigenvalue weighted by molar-refractivity contribution is -0.124. The van der Waals surface area contributed by atoms with Crippen LogP contribution in [0.4, 0.5) is 0 Å². The standard InChI is InChI=1S/C11H16N2O2.ClH/c1-8(11(14)13-12)7-9-3-5-10(15-2)6-4-9;/h3-6,8H,7,12H2,1-2H3,(H,13,14);1H. The molecule has 4 nitrogen and oxygen atoms in total. The van der Waals surface area contributed by atoms with Gasteiger partial charge in [-0.15, -0.1) is 12.4 Å². The van der Waals surface area contributed by atoms with Crippen LogP contribution in [0.2, 0.25) is 0 Å². The van der Waals surface area contributed by atoms with Gasteiger partial charge in [0, 0.05) is 5.92 Å². The second-order valence-electron chi connectivity index (χ2n) is 3.46. The van der Waals surface area contributed by atoms with E-state index >= 15 is 0 Å². The second kappa shape index (κ2) is 7.09. The highest BCUT2D eigenvalue weighted by molar-refractivity contribution is 5.85. The lowest BCUT2D eigenvalue weighted by Crippen LogP contribution is -2.35.